The predicted molar refractivity (Wildman–Crippen MR) is 183 cm³/mol. The molecule has 0 aromatic heterocycles. The lowest BCUT2D eigenvalue weighted by Crippen LogP contribution is -2.54. The number of methoxy groups -OCH3 is 3. The molecule has 0 saturated heterocycles. The summed E-state index contributed by atoms with van der Waals surface area (Å²) in [7, 11) is 0.181. The van der Waals surface area contributed by atoms with Crippen molar-refractivity contribution in [3.05, 3.63) is 77.4 Å². The van der Waals surface area contributed by atoms with Gasteiger partial charge in [-0.2, -0.15) is 0 Å². The fraction of sp³-hybridized carbons (Fsp3) is 0.444. The summed E-state index contributed by atoms with van der Waals surface area (Å²) < 4.78 is 46.0. The summed E-state index contributed by atoms with van der Waals surface area (Å²) >= 11 is 0. The Kier molecular flexibility index (Phi) is 12.1. The normalized spacial score (nSPS) is 14.2. The molecule has 0 bridgehead atoms. The largest absolute Gasteiger partial charge is 0.497 e. The Morgan fingerprint density at radius 1 is 0.851 bits per heavy atom. The predicted octanol–water partition coefficient (Wildman–Crippen LogP) is 5.78. The molecule has 11 heteroatoms. The second-order valence-corrected chi connectivity index (χ2v) is 13.9. The average Bonchev–Trinajstić information content (AvgIpc) is 3.06. The Morgan fingerprint density at radius 2 is 1.49 bits per heavy atom. The first-order valence-corrected chi connectivity index (χ1v) is 17.5. The van der Waals surface area contributed by atoms with Crippen LogP contribution in [0.1, 0.15) is 62.1 Å². The third-order valence-corrected chi connectivity index (χ3v) is 10.3. The molecular formula is C36H47N3O7S. The number of hydrogen-bond donors (Lipinski definition) is 1. The lowest BCUT2D eigenvalue weighted by molar-refractivity contribution is -0.140. The maximum absolute atomic E-state index is 14.5. The van der Waals surface area contributed by atoms with Crippen molar-refractivity contribution in [1.82, 2.24) is 10.2 Å². The van der Waals surface area contributed by atoms with Gasteiger partial charge >= 0.3 is 0 Å². The molecule has 0 aliphatic heterocycles. The summed E-state index contributed by atoms with van der Waals surface area (Å²) in [5.74, 6) is 0.542. The zero-order valence-corrected chi connectivity index (χ0v) is 29.1. The number of ether oxygens (including phenoxy) is 3. The molecule has 1 saturated carbocycles. The molecule has 10 nitrogen and oxygen atoms in total. The van der Waals surface area contributed by atoms with Gasteiger partial charge in [0.1, 0.15) is 18.3 Å². The van der Waals surface area contributed by atoms with Gasteiger partial charge in [-0.05, 0) is 86.2 Å². The summed E-state index contributed by atoms with van der Waals surface area (Å²) in [4.78, 5) is 29.7. The molecule has 2 amide bonds. The summed E-state index contributed by atoms with van der Waals surface area (Å²) in [6, 6.07) is 16.3. The monoisotopic (exact) mass is 665 g/mol. The SMILES string of the molecule is CC[C@H](C(=O)NC1CCCCC1)N(Cc1ccc(OC)cc1)C(=O)CN(c1cc(C)cc(C)c1)S(=O)(=O)c1ccc(OC)c(OC)c1. The van der Waals surface area contributed by atoms with Crippen LogP contribution in [0, 0.1) is 13.8 Å². The second-order valence-electron chi connectivity index (χ2n) is 12.0. The van der Waals surface area contributed by atoms with E-state index in [0.29, 0.717) is 23.6 Å². The van der Waals surface area contributed by atoms with Gasteiger partial charge in [0.05, 0.1) is 31.9 Å². The van der Waals surface area contributed by atoms with Crippen LogP contribution >= 0.6 is 0 Å². The number of amides is 2. The number of carbonyl (C=O) groups excluding carboxylic acids is 2. The van der Waals surface area contributed by atoms with E-state index in [9.17, 15) is 18.0 Å². The van der Waals surface area contributed by atoms with E-state index in [4.69, 9.17) is 14.2 Å². The van der Waals surface area contributed by atoms with E-state index in [1.807, 2.05) is 39.0 Å². The van der Waals surface area contributed by atoms with E-state index in [2.05, 4.69) is 5.32 Å². The van der Waals surface area contributed by atoms with Gasteiger partial charge in [0, 0.05) is 18.7 Å². The quantitative estimate of drug-likeness (QED) is 0.232. The molecule has 3 aromatic carbocycles. The maximum Gasteiger partial charge on any atom is 0.264 e. The molecule has 47 heavy (non-hydrogen) atoms. The number of benzene rings is 3. The van der Waals surface area contributed by atoms with Gasteiger partial charge in [-0.25, -0.2) is 8.42 Å². The van der Waals surface area contributed by atoms with E-state index in [-0.39, 0.29) is 29.1 Å². The van der Waals surface area contributed by atoms with Gasteiger partial charge in [-0.15, -0.1) is 0 Å². The minimum Gasteiger partial charge on any atom is -0.497 e. The number of sulfonamides is 1. The summed E-state index contributed by atoms with van der Waals surface area (Å²) in [5.41, 5.74) is 2.81. The number of nitrogens with one attached hydrogen (secondary N) is 1. The molecule has 1 aliphatic rings. The van der Waals surface area contributed by atoms with Crippen molar-refractivity contribution >= 4 is 27.5 Å². The molecule has 254 valence electrons. The average molecular weight is 666 g/mol. The summed E-state index contributed by atoms with van der Waals surface area (Å²) in [6.45, 7) is 5.19. The van der Waals surface area contributed by atoms with Crippen molar-refractivity contribution in [2.24, 2.45) is 0 Å². The van der Waals surface area contributed by atoms with Gasteiger partial charge in [0.2, 0.25) is 11.8 Å². The van der Waals surface area contributed by atoms with Gasteiger partial charge in [0.25, 0.3) is 10.0 Å². The molecule has 1 atom stereocenters. The minimum absolute atomic E-state index is 0.0560. The number of rotatable bonds is 14. The Balaban J connectivity index is 1.76. The summed E-state index contributed by atoms with van der Waals surface area (Å²) in [6.07, 6.45) is 5.41. The smallest absolute Gasteiger partial charge is 0.264 e. The van der Waals surface area contributed by atoms with Crippen LogP contribution in [0.2, 0.25) is 0 Å². The molecular weight excluding hydrogens is 618 g/mol. The number of nitrogens with zero attached hydrogens (tertiary/aromatic N) is 2. The Hall–Kier alpha value is -4.25. The van der Waals surface area contributed by atoms with Crippen molar-refractivity contribution in [2.75, 3.05) is 32.2 Å². The van der Waals surface area contributed by atoms with E-state index in [1.165, 1.54) is 37.3 Å². The highest BCUT2D eigenvalue weighted by Gasteiger charge is 2.35. The van der Waals surface area contributed by atoms with E-state index < -0.39 is 28.5 Å². The Morgan fingerprint density at radius 3 is 2.06 bits per heavy atom. The Bertz CT molecular complexity index is 1620. The fourth-order valence-corrected chi connectivity index (χ4v) is 7.53. The van der Waals surface area contributed by atoms with Crippen LogP contribution in [0.5, 0.6) is 17.2 Å². The van der Waals surface area contributed by atoms with Crippen LogP contribution in [0.15, 0.2) is 65.6 Å². The lowest BCUT2D eigenvalue weighted by atomic mass is 9.95. The first kappa shape index (κ1) is 35.6. The highest BCUT2D eigenvalue weighted by atomic mass is 32.2. The molecule has 1 N–H and O–H groups in total. The van der Waals surface area contributed by atoms with Crippen molar-refractivity contribution < 1.29 is 32.2 Å². The molecule has 1 aliphatic carbocycles. The molecule has 0 unspecified atom stereocenters. The first-order valence-electron chi connectivity index (χ1n) is 16.1. The zero-order chi connectivity index (χ0) is 34.1. The molecule has 1 fully saturated rings. The fourth-order valence-electron chi connectivity index (χ4n) is 6.12. The van der Waals surface area contributed by atoms with Gasteiger partial charge in [0.15, 0.2) is 11.5 Å². The second kappa shape index (κ2) is 16.0. The summed E-state index contributed by atoms with van der Waals surface area (Å²) in [5, 5.41) is 3.18. The highest BCUT2D eigenvalue weighted by Crippen LogP contribution is 2.33. The maximum atomic E-state index is 14.5. The van der Waals surface area contributed by atoms with Crippen LogP contribution in [0.25, 0.3) is 0 Å². The number of anilines is 1. The van der Waals surface area contributed by atoms with Crippen LogP contribution in [0.4, 0.5) is 5.69 Å². The number of aryl methyl sites for hydroxylation is 2. The topological polar surface area (TPSA) is 114 Å². The third kappa shape index (κ3) is 8.77. The van der Waals surface area contributed by atoms with E-state index in [1.54, 1.807) is 31.4 Å². The molecule has 3 aromatic rings. The Labute approximate surface area is 279 Å². The minimum atomic E-state index is -4.30. The van der Waals surface area contributed by atoms with Crippen molar-refractivity contribution in [3.63, 3.8) is 0 Å². The van der Waals surface area contributed by atoms with Crippen LogP contribution < -0.4 is 23.8 Å². The van der Waals surface area contributed by atoms with Crippen molar-refractivity contribution in [1.29, 1.82) is 0 Å². The standard InChI is InChI=1S/C36H47N3O7S/c1-7-32(36(41)37-28-11-9-8-10-12-28)38(23-27-13-15-30(44-4)16-14-27)35(40)24-39(29-20-25(2)19-26(3)21-29)47(42,43)31-17-18-33(45-5)34(22-31)46-6/h13-22,28,32H,7-12,23-24H2,1-6H3,(H,37,41)/t32-/m1/s1. The molecule has 0 spiro atoms. The highest BCUT2D eigenvalue weighted by molar-refractivity contribution is 7.92. The van der Waals surface area contributed by atoms with Crippen LogP contribution in [-0.2, 0) is 26.2 Å². The third-order valence-electron chi connectivity index (χ3n) is 8.57. The van der Waals surface area contributed by atoms with Crippen molar-refractivity contribution in [3.8, 4) is 17.2 Å². The van der Waals surface area contributed by atoms with Crippen LogP contribution in [0.3, 0.4) is 0 Å². The number of carbonyl (C=O) groups is 2. The zero-order valence-electron chi connectivity index (χ0n) is 28.2. The first-order chi connectivity index (χ1) is 22.5. The molecule has 4 rings (SSSR count). The molecule has 0 heterocycles. The van der Waals surface area contributed by atoms with Gasteiger partial charge < -0.3 is 24.4 Å². The van der Waals surface area contributed by atoms with Gasteiger partial charge in [-0.1, -0.05) is 44.4 Å². The lowest BCUT2D eigenvalue weighted by Gasteiger charge is -2.34. The number of hydrogen-bond acceptors (Lipinski definition) is 7. The molecule has 0 radical (unpaired) electrons. The van der Waals surface area contributed by atoms with Gasteiger partial charge in [-0.3, -0.25) is 13.9 Å². The van der Waals surface area contributed by atoms with Crippen LogP contribution in [-0.4, -0.2) is 65.1 Å². The van der Waals surface area contributed by atoms with E-state index >= 15 is 0 Å². The van der Waals surface area contributed by atoms with E-state index in [0.717, 1.165) is 53.1 Å². The van der Waals surface area contributed by atoms with Crippen molar-refractivity contribution in [2.45, 2.75) is 82.8 Å².